The van der Waals surface area contributed by atoms with Crippen LogP contribution in [0.1, 0.15) is 26.1 Å². The van der Waals surface area contributed by atoms with Crippen LogP contribution in [-0.2, 0) is 24.4 Å². The van der Waals surface area contributed by atoms with Crippen molar-refractivity contribution >= 4 is 52.2 Å². The van der Waals surface area contributed by atoms with E-state index in [0.29, 0.717) is 48.6 Å². The number of carboxylic acids is 1. The van der Waals surface area contributed by atoms with Gasteiger partial charge >= 0.3 is 11.4 Å². The number of benzene rings is 1. The molecule has 45 heavy (non-hydrogen) atoms. The number of hydrogen-bond donors (Lipinski definition) is 1. The van der Waals surface area contributed by atoms with Gasteiger partial charge in [0.25, 0.3) is 0 Å². The van der Waals surface area contributed by atoms with Gasteiger partial charge in [0.15, 0.2) is 11.4 Å². The molecule has 0 aliphatic carbocycles. The number of fused-ring (bicyclic) bond motifs is 3. The van der Waals surface area contributed by atoms with Crippen LogP contribution in [0.4, 0.5) is 14.6 Å². The fourth-order valence-electron chi connectivity index (χ4n) is 6.00. The Hall–Kier alpha value is -4.25. The number of halogens is 3. The van der Waals surface area contributed by atoms with Gasteiger partial charge < -0.3 is 33.5 Å². The minimum Gasteiger partial charge on any atom is -0.480 e. The number of aliphatic carboxylic acids is 1. The van der Waals surface area contributed by atoms with Gasteiger partial charge in [-0.05, 0) is 50.4 Å². The summed E-state index contributed by atoms with van der Waals surface area (Å²) < 4.78 is 52.7. The molecule has 14 heteroatoms. The second kappa shape index (κ2) is 11.6. The lowest BCUT2D eigenvalue weighted by atomic mass is 9.89. The molecule has 0 unspecified atom stereocenters. The largest absolute Gasteiger partial charge is 0.480 e. The maximum absolute atomic E-state index is 14.4. The zero-order chi connectivity index (χ0) is 32.1. The Kier molecular flexibility index (Phi) is 7.93. The predicted octanol–water partition coefficient (Wildman–Crippen LogP) is 4.65. The molecule has 1 spiro atoms. The fraction of sp³-hybridized carbons (Fsp3) is 0.419. The summed E-state index contributed by atoms with van der Waals surface area (Å²) in [6, 6.07) is 5.38. The van der Waals surface area contributed by atoms with E-state index in [1.807, 2.05) is 6.92 Å². The van der Waals surface area contributed by atoms with Crippen molar-refractivity contribution in [3.63, 3.8) is 0 Å². The molecular weight excluding hydrogens is 612 g/mol. The van der Waals surface area contributed by atoms with Crippen molar-refractivity contribution in [2.75, 3.05) is 37.8 Å². The quantitative estimate of drug-likeness (QED) is 0.122. The van der Waals surface area contributed by atoms with Crippen LogP contribution in [0, 0.1) is 12.3 Å². The summed E-state index contributed by atoms with van der Waals surface area (Å²) >= 11 is 5.36. The molecule has 2 aromatic heterocycles. The summed E-state index contributed by atoms with van der Waals surface area (Å²) in [6.45, 7) is 9.24. The summed E-state index contributed by atoms with van der Waals surface area (Å²) in [6.07, 6.45) is 6.64. The highest BCUT2D eigenvalue weighted by Crippen LogP contribution is 2.41. The summed E-state index contributed by atoms with van der Waals surface area (Å²) in [4.78, 5) is 28.2. The number of allylic oxidation sites excluding steroid dienone is 2. The third-order valence-electron chi connectivity index (χ3n) is 8.45. The Morgan fingerprint density at radius 1 is 1.36 bits per heavy atom. The van der Waals surface area contributed by atoms with Crippen LogP contribution in [0.2, 0.25) is 0 Å². The van der Waals surface area contributed by atoms with E-state index in [9.17, 15) is 18.7 Å². The third-order valence-corrected chi connectivity index (χ3v) is 8.62. The normalized spacial score (nSPS) is 24.0. The number of nitrogens with zero attached hydrogens (tertiary/aromatic N) is 5. The van der Waals surface area contributed by atoms with Gasteiger partial charge in [-0.2, -0.15) is 8.78 Å². The molecule has 1 aromatic carbocycles. The number of ether oxygens (including phenoxy) is 3. The average Bonchev–Trinajstić information content (AvgIpc) is 3.59. The van der Waals surface area contributed by atoms with Gasteiger partial charge in [-0.3, -0.25) is 0 Å². The first-order valence-electron chi connectivity index (χ1n) is 14.2. The van der Waals surface area contributed by atoms with Gasteiger partial charge in [-0.1, -0.05) is 18.1 Å². The minimum absolute atomic E-state index is 0.0335. The molecule has 0 radical (unpaired) electrons. The van der Waals surface area contributed by atoms with Crippen molar-refractivity contribution in [2.24, 2.45) is 4.99 Å². The number of aromatic nitrogens is 2. The SMILES string of the molecule is C#C/C(C)=C/C(=C(\N=C)O[C@H]1C[C@@H](C(=O)O)N(c2nc(C(F)(F)Cl)nc3c2oc2ccccc23)C1)N1CCOC2(COC2)[C@@H]1C. The minimum atomic E-state index is -3.92. The Morgan fingerprint density at radius 2 is 2.11 bits per heavy atom. The zero-order valence-electron chi connectivity index (χ0n) is 24.5. The van der Waals surface area contributed by atoms with Gasteiger partial charge in [0, 0.05) is 23.9 Å². The Morgan fingerprint density at radius 3 is 2.76 bits per heavy atom. The number of carbonyl (C=O) groups is 1. The molecular formula is C31H30ClF2N5O6. The number of rotatable bonds is 8. The zero-order valence-corrected chi connectivity index (χ0v) is 25.3. The van der Waals surface area contributed by atoms with E-state index >= 15 is 0 Å². The van der Waals surface area contributed by atoms with Crippen LogP contribution < -0.4 is 4.90 Å². The lowest BCUT2D eigenvalue weighted by Gasteiger charge is -2.53. The second-order valence-electron chi connectivity index (χ2n) is 11.2. The molecule has 3 atom stereocenters. The smallest absolute Gasteiger partial charge is 0.381 e. The van der Waals surface area contributed by atoms with Crippen LogP contribution in [0.15, 0.2) is 56.9 Å². The molecule has 0 amide bonds. The second-order valence-corrected chi connectivity index (χ2v) is 11.7. The molecule has 236 valence electrons. The van der Waals surface area contributed by atoms with Crippen LogP contribution >= 0.6 is 11.6 Å². The van der Waals surface area contributed by atoms with Crippen molar-refractivity contribution in [3.8, 4) is 12.3 Å². The average molecular weight is 642 g/mol. The Balaban J connectivity index is 1.40. The highest BCUT2D eigenvalue weighted by molar-refractivity contribution is 6.21. The number of aliphatic imine (C=N–C) groups is 1. The van der Waals surface area contributed by atoms with E-state index in [1.54, 1.807) is 37.3 Å². The van der Waals surface area contributed by atoms with E-state index in [0.717, 1.165) is 0 Å². The van der Waals surface area contributed by atoms with Crippen LogP contribution in [-0.4, -0.2) is 89.4 Å². The number of anilines is 1. The first-order chi connectivity index (χ1) is 21.5. The topological polar surface area (TPSA) is 123 Å². The molecule has 5 heterocycles. The molecule has 3 saturated heterocycles. The lowest BCUT2D eigenvalue weighted by molar-refractivity contribution is -0.255. The van der Waals surface area contributed by atoms with Gasteiger partial charge in [-0.15, -0.1) is 6.42 Å². The summed E-state index contributed by atoms with van der Waals surface area (Å²) in [7, 11) is 0. The van der Waals surface area contributed by atoms with Crippen molar-refractivity contribution in [1.82, 2.24) is 14.9 Å². The van der Waals surface area contributed by atoms with Crippen LogP contribution in [0.25, 0.3) is 22.1 Å². The standard InChI is InChI=1S/C31H30ClF2N5O6/c1-5-17(2)12-21(38-10-11-43-30(18(38)3)15-42-16-30)27(35-4)44-19-13-22(28(40)41)39(14-19)26-25-24(36-29(37-26)31(32,33)34)20-8-6-7-9-23(20)45-25/h1,6-9,12,18-19,22H,4,10-11,13-16H2,2-3H3,(H,40,41)/b17-12+,27-21-/t18-,19-,22-/m0/s1. The van der Waals surface area contributed by atoms with Crippen molar-refractivity contribution in [3.05, 3.63) is 53.3 Å². The highest BCUT2D eigenvalue weighted by atomic mass is 35.5. The molecule has 3 aromatic rings. The number of furan rings is 1. The Labute approximate surface area is 262 Å². The fourth-order valence-corrected chi connectivity index (χ4v) is 6.09. The van der Waals surface area contributed by atoms with Crippen molar-refractivity contribution in [1.29, 1.82) is 0 Å². The van der Waals surface area contributed by atoms with Gasteiger partial charge in [0.05, 0.1) is 32.4 Å². The van der Waals surface area contributed by atoms with Crippen LogP contribution in [0.3, 0.4) is 0 Å². The highest BCUT2D eigenvalue weighted by Gasteiger charge is 2.50. The summed E-state index contributed by atoms with van der Waals surface area (Å²) in [5.41, 5.74) is 1.16. The molecule has 1 N–H and O–H groups in total. The van der Waals surface area contributed by atoms with Gasteiger partial charge in [0.1, 0.15) is 34.5 Å². The van der Waals surface area contributed by atoms with Crippen LogP contribution in [0.5, 0.6) is 0 Å². The van der Waals surface area contributed by atoms with Gasteiger partial charge in [-0.25, -0.2) is 19.8 Å². The van der Waals surface area contributed by atoms with Crippen molar-refractivity contribution in [2.45, 2.75) is 49.4 Å². The molecule has 0 bridgehead atoms. The monoisotopic (exact) mass is 641 g/mol. The van der Waals surface area contributed by atoms with E-state index in [2.05, 4.69) is 32.5 Å². The molecule has 11 nitrogen and oxygen atoms in total. The Bertz CT molecular complexity index is 1780. The summed E-state index contributed by atoms with van der Waals surface area (Å²) in [5.74, 6) is 0.414. The van der Waals surface area contributed by atoms with Gasteiger partial charge in [0.2, 0.25) is 11.7 Å². The molecule has 0 saturated carbocycles. The number of alkyl halides is 3. The maximum Gasteiger partial charge on any atom is 0.381 e. The molecule has 3 aliphatic heterocycles. The number of carboxylic acid groups (broad SMARTS) is 1. The molecule has 3 fully saturated rings. The maximum atomic E-state index is 14.4. The first kappa shape index (κ1) is 30.8. The van der Waals surface area contributed by atoms with E-state index in [4.69, 9.17) is 36.7 Å². The number of morpholine rings is 1. The summed E-state index contributed by atoms with van der Waals surface area (Å²) in [5, 5.41) is 6.75. The number of terminal acetylenes is 1. The third kappa shape index (κ3) is 5.47. The number of para-hydroxylation sites is 1. The first-order valence-corrected chi connectivity index (χ1v) is 14.6. The van der Waals surface area contributed by atoms with E-state index < -0.39 is 34.9 Å². The van der Waals surface area contributed by atoms with E-state index in [1.165, 1.54) is 4.90 Å². The molecule has 6 rings (SSSR count). The van der Waals surface area contributed by atoms with Crippen molar-refractivity contribution < 1.29 is 37.3 Å². The molecule has 3 aliphatic rings. The van der Waals surface area contributed by atoms with E-state index in [-0.39, 0.29) is 41.8 Å². The lowest BCUT2D eigenvalue weighted by Crippen LogP contribution is -2.67. The predicted molar refractivity (Wildman–Crippen MR) is 162 cm³/mol. The number of hydrogen-bond acceptors (Lipinski definition) is 10.